The zero-order valence-corrected chi connectivity index (χ0v) is 14.8. The summed E-state index contributed by atoms with van der Waals surface area (Å²) in [6.07, 6.45) is 1.30. The van der Waals surface area contributed by atoms with E-state index in [0.717, 1.165) is 13.1 Å². The van der Waals surface area contributed by atoms with Gasteiger partial charge < -0.3 is 15.3 Å². The van der Waals surface area contributed by atoms with Gasteiger partial charge in [0.25, 0.3) is 0 Å². The second-order valence-electron chi connectivity index (χ2n) is 5.93. The van der Waals surface area contributed by atoms with Gasteiger partial charge in [0.15, 0.2) is 0 Å². The number of benzene rings is 1. The lowest BCUT2D eigenvalue weighted by atomic mass is 10.2. The van der Waals surface area contributed by atoms with Crippen LogP contribution in [0, 0.1) is 0 Å². The monoisotopic (exact) mass is 374 g/mol. The van der Waals surface area contributed by atoms with Crippen LogP contribution in [-0.2, 0) is 6.54 Å². The van der Waals surface area contributed by atoms with Crippen LogP contribution in [0.15, 0.2) is 42.6 Å². The molecule has 0 atom stereocenters. The molecule has 26 heavy (non-hydrogen) atoms. The number of amides is 2. The molecule has 0 saturated carbocycles. The topological polar surface area (TPSA) is 85.8 Å². The van der Waals surface area contributed by atoms with E-state index < -0.39 is 5.97 Å². The van der Waals surface area contributed by atoms with Crippen molar-refractivity contribution < 1.29 is 14.7 Å². The number of carbonyl (C=O) groups is 2. The van der Waals surface area contributed by atoms with Crippen LogP contribution >= 0.6 is 11.6 Å². The van der Waals surface area contributed by atoms with Gasteiger partial charge in [-0.05, 0) is 36.4 Å². The molecule has 2 aromatic rings. The number of nitrogens with zero attached hydrogens (tertiary/aromatic N) is 3. The van der Waals surface area contributed by atoms with Crippen LogP contribution in [0.2, 0.25) is 5.02 Å². The lowest BCUT2D eigenvalue weighted by Gasteiger charge is -2.33. The van der Waals surface area contributed by atoms with Gasteiger partial charge in [0.1, 0.15) is 0 Å². The van der Waals surface area contributed by atoms with E-state index in [1.54, 1.807) is 40.1 Å². The van der Waals surface area contributed by atoms with E-state index in [4.69, 9.17) is 16.7 Å². The van der Waals surface area contributed by atoms with Crippen molar-refractivity contribution in [2.45, 2.75) is 6.54 Å². The Hall–Kier alpha value is -2.64. The molecule has 136 valence electrons. The number of pyridine rings is 1. The number of hydrogen-bond acceptors (Lipinski definition) is 4. The van der Waals surface area contributed by atoms with Gasteiger partial charge in [-0.25, -0.2) is 9.59 Å². The quantitative estimate of drug-likeness (QED) is 0.858. The second-order valence-corrected chi connectivity index (χ2v) is 6.36. The molecule has 1 aromatic heterocycles. The Labute approximate surface area is 156 Å². The number of rotatable bonds is 4. The normalized spacial score (nSPS) is 14.1. The third-order valence-corrected chi connectivity index (χ3v) is 4.40. The van der Waals surface area contributed by atoms with Crippen LogP contribution in [0.3, 0.4) is 0 Å². The highest BCUT2D eigenvalue weighted by molar-refractivity contribution is 6.30. The summed E-state index contributed by atoms with van der Waals surface area (Å²) in [5, 5.41) is 12.8. The number of urea groups is 1. The van der Waals surface area contributed by atoms with Crippen molar-refractivity contribution in [3.8, 4) is 0 Å². The lowest BCUT2D eigenvalue weighted by molar-refractivity contribution is 0.0696. The number of hydrogen-bond donors (Lipinski definition) is 2. The van der Waals surface area contributed by atoms with Crippen molar-refractivity contribution in [1.82, 2.24) is 15.2 Å². The largest absolute Gasteiger partial charge is 0.478 e. The summed E-state index contributed by atoms with van der Waals surface area (Å²) in [5.41, 5.74) is 1.43. The molecule has 0 unspecified atom stereocenters. The molecular formula is C18H19ClN4O3. The Morgan fingerprint density at radius 1 is 1.15 bits per heavy atom. The summed E-state index contributed by atoms with van der Waals surface area (Å²) < 4.78 is 0. The van der Waals surface area contributed by atoms with E-state index in [1.807, 2.05) is 0 Å². The van der Waals surface area contributed by atoms with Gasteiger partial charge in [0.05, 0.1) is 17.8 Å². The molecule has 1 aliphatic heterocycles. The third kappa shape index (κ3) is 4.30. The standard InChI is InChI=1S/C18H19ClN4O3/c19-14-2-5-16(6-3-14)23(18(26)22-9-7-20-8-10-22)12-15-4-1-13(11-21-15)17(24)25/h1-6,11,20H,7-10,12H2,(H,24,25). The van der Waals surface area contributed by atoms with Crippen LogP contribution in [-0.4, -0.2) is 53.2 Å². The van der Waals surface area contributed by atoms with Crippen molar-refractivity contribution in [1.29, 1.82) is 0 Å². The van der Waals surface area contributed by atoms with E-state index in [0.29, 0.717) is 29.5 Å². The van der Waals surface area contributed by atoms with Crippen molar-refractivity contribution >= 4 is 29.3 Å². The molecule has 1 saturated heterocycles. The molecule has 0 bridgehead atoms. The van der Waals surface area contributed by atoms with Crippen LogP contribution in [0.4, 0.5) is 10.5 Å². The predicted octanol–water partition coefficient (Wildman–Crippen LogP) is 2.47. The van der Waals surface area contributed by atoms with E-state index in [9.17, 15) is 9.59 Å². The lowest BCUT2D eigenvalue weighted by Crippen LogP contribution is -2.51. The number of nitrogens with one attached hydrogen (secondary N) is 1. The average molecular weight is 375 g/mol. The van der Waals surface area contributed by atoms with Gasteiger partial charge in [0, 0.05) is 43.1 Å². The van der Waals surface area contributed by atoms with Crippen molar-refractivity contribution in [2.75, 3.05) is 31.1 Å². The molecule has 2 amide bonds. The minimum atomic E-state index is -1.03. The molecule has 0 radical (unpaired) electrons. The summed E-state index contributed by atoms with van der Waals surface area (Å²) in [5.74, 6) is -1.03. The number of piperazine rings is 1. The first-order chi connectivity index (χ1) is 12.5. The van der Waals surface area contributed by atoms with Gasteiger partial charge in [-0.2, -0.15) is 0 Å². The van der Waals surface area contributed by atoms with Gasteiger partial charge in [-0.15, -0.1) is 0 Å². The Bertz CT molecular complexity index is 774. The molecule has 7 nitrogen and oxygen atoms in total. The highest BCUT2D eigenvalue weighted by atomic mass is 35.5. The van der Waals surface area contributed by atoms with Crippen molar-refractivity contribution in [2.24, 2.45) is 0 Å². The van der Waals surface area contributed by atoms with Crippen molar-refractivity contribution in [3.05, 3.63) is 58.9 Å². The van der Waals surface area contributed by atoms with Crippen LogP contribution in [0.5, 0.6) is 0 Å². The smallest absolute Gasteiger partial charge is 0.337 e. The van der Waals surface area contributed by atoms with E-state index in [2.05, 4.69) is 10.3 Å². The number of carboxylic acid groups (broad SMARTS) is 1. The molecular weight excluding hydrogens is 356 g/mol. The van der Waals surface area contributed by atoms with Gasteiger partial charge in [-0.1, -0.05) is 11.6 Å². The maximum Gasteiger partial charge on any atom is 0.337 e. The Balaban J connectivity index is 1.85. The van der Waals surface area contributed by atoms with Crippen LogP contribution in [0.1, 0.15) is 16.1 Å². The van der Waals surface area contributed by atoms with Crippen molar-refractivity contribution in [3.63, 3.8) is 0 Å². The summed E-state index contributed by atoms with van der Waals surface area (Å²) in [4.78, 5) is 31.6. The number of aromatic nitrogens is 1. The highest BCUT2D eigenvalue weighted by Crippen LogP contribution is 2.21. The molecule has 2 N–H and O–H groups in total. The van der Waals surface area contributed by atoms with Crippen LogP contribution < -0.4 is 10.2 Å². The molecule has 3 rings (SSSR count). The first-order valence-corrected chi connectivity index (χ1v) is 8.63. The Morgan fingerprint density at radius 2 is 1.85 bits per heavy atom. The van der Waals surface area contributed by atoms with Gasteiger partial charge in [0.2, 0.25) is 0 Å². The molecule has 0 aliphatic carbocycles. The summed E-state index contributed by atoms with van der Waals surface area (Å²) >= 11 is 5.96. The van der Waals surface area contributed by atoms with E-state index in [-0.39, 0.29) is 18.1 Å². The van der Waals surface area contributed by atoms with E-state index >= 15 is 0 Å². The van der Waals surface area contributed by atoms with Gasteiger partial charge >= 0.3 is 12.0 Å². The average Bonchev–Trinajstić information content (AvgIpc) is 2.67. The first-order valence-electron chi connectivity index (χ1n) is 8.25. The molecule has 0 spiro atoms. The third-order valence-electron chi connectivity index (χ3n) is 4.15. The zero-order chi connectivity index (χ0) is 18.5. The number of carbonyl (C=O) groups excluding carboxylic acids is 1. The molecule has 8 heteroatoms. The minimum Gasteiger partial charge on any atom is -0.478 e. The summed E-state index contributed by atoms with van der Waals surface area (Å²) in [6, 6.07) is 10.0. The van der Waals surface area contributed by atoms with Gasteiger partial charge in [-0.3, -0.25) is 9.88 Å². The number of halogens is 1. The molecule has 1 aliphatic rings. The molecule has 1 fully saturated rings. The fraction of sp³-hybridized carbons (Fsp3) is 0.278. The SMILES string of the molecule is O=C(O)c1ccc(CN(C(=O)N2CCNCC2)c2ccc(Cl)cc2)nc1. The fourth-order valence-electron chi connectivity index (χ4n) is 2.72. The highest BCUT2D eigenvalue weighted by Gasteiger charge is 2.24. The number of carboxylic acids is 1. The predicted molar refractivity (Wildman–Crippen MR) is 98.7 cm³/mol. The molecule has 2 heterocycles. The molecule has 1 aromatic carbocycles. The number of anilines is 1. The first kappa shape index (κ1) is 18.2. The minimum absolute atomic E-state index is 0.111. The number of aromatic carboxylic acids is 1. The Kier molecular flexibility index (Phi) is 5.70. The maximum atomic E-state index is 13.0. The van der Waals surface area contributed by atoms with Crippen LogP contribution in [0.25, 0.3) is 0 Å². The Morgan fingerprint density at radius 3 is 2.42 bits per heavy atom. The summed E-state index contributed by atoms with van der Waals surface area (Å²) in [7, 11) is 0. The zero-order valence-electron chi connectivity index (χ0n) is 14.1. The second kappa shape index (κ2) is 8.16. The van der Waals surface area contributed by atoms with E-state index in [1.165, 1.54) is 12.3 Å². The fourth-order valence-corrected chi connectivity index (χ4v) is 2.85. The summed E-state index contributed by atoms with van der Waals surface area (Å²) in [6.45, 7) is 3.02. The maximum absolute atomic E-state index is 13.0.